The molecule has 0 aliphatic rings. The number of carbonyl (C=O) groups is 3. The maximum Gasteiger partial charge on any atom is 0.490 e. The topological polar surface area (TPSA) is 162 Å². The molecule has 3 aromatic rings. The summed E-state index contributed by atoms with van der Waals surface area (Å²) in [5, 5.41) is 22.3. The van der Waals surface area contributed by atoms with E-state index < -0.39 is 18.1 Å². The molecule has 3 amide bonds. The van der Waals surface area contributed by atoms with Gasteiger partial charge in [0.15, 0.2) is 0 Å². The number of H-pyrrole nitrogens is 1. The first kappa shape index (κ1) is 26.7. The van der Waals surface area contributed by atoms with Gasteiger partial charge in [0.05, 0.1) is 11.9 Å². The van der Waals surface area contributed by atoms with E-state index in [1.165, 1.54) is 6.20 Å². The molecule has 13 heteroatoms. The normalized spacial score (nSPS) is 10.5. The Morgan fingerprint density at radius 2 is 1.74 bits per heavy atom. The Labute approximate surface area is 197 Å². The van der Waals surface area contributed by atoms with Crippen molar-refractivity contribution in [2.75, 3.05) is 16.0 Å². The van der Waals surface area contributed by atoms with Crippen molar-refractivity contribution in [1.29, 1.82) is 0 Å². The van der Waals surface area contributed by atoms with E-state index in [9.17, 15) is 22.8 Å². The molecule has 1 aromatic heterocycles. The number of alkyl halides is 3. The van der Waals surface area contributed by atoms with E-state index in [0.717, 1.165) is 22.4 Å². The van der Waals surface area contributed by atoms with Gasteiger partial charge in [0.1, 0.15) is 5.69 Å². The lowest BCUT2D eigenvalue weighted by molar-refractivity contribution is -0.192. The fourth-order valence-electron chi connectivity index (χ4n) is 2.72. The number of urea groups is 1. The summed E-state index contributed by atoms with van der Waals surface area (Å²) in [6, 6.07) is 13.0. The predicted molar refractivity (Wildman–Crippen MR) is 123 cm³/mol. The van der Waals surface area contributed by atoms with Crippen LogP contribution in [-0.2, 0) is 11.3 Å². The van der Waals surface area contributed by atoms with Crippen LogP contribution in [0.15, 0.2) is 48.7 Å². The molecule has 3 rings (SSSR count). The number of aliphatic carboxylic acids is 1. The third-order valence-electron chi connectivity index (χ3n) is 4.44. The zero-order valence-electron chi connectivity index (χ0n) is 18.7. The van der Waals surface area contributed by atoms with Gasteiger partial charge in [0, 0.05) is 17.9 Å². The molecule has 0 saturated heterocycles. The van der Waals surface area contributed by atoms with Crippen LogP contribution < -0.4 is 21.7 Å². The number of halogens is 3. The number of nitrogens with zero attached hydrogens (tertiary/aromatic N) is 1. The second-order valence-electron chi connectivity index (χ2n) is 7.28. The first-order chi connectivity index (χ1) is 16.4. The minimum atomic E-state index is -5.08. The highest BCUT2D eigenvalue weighted by atomic mass is 19.4. The number of carbonyl (C=O) groups excluding carboxylic acids is 2. The van der Waals surface area contributed by atoms with Crippen molar-refractivity contribution in [2.24, 2.45) is 5.73 Å². The number of primary amides is 1. The van der Waals surface area contributed by atoms with Gasteiger partial charge in [-0.05, 0) is 48.7 Å². The van der Waals surface area contributed by atoms with Crippen LogP contribution in [0.2, 0.25) is 0 Å². The number of anilines is 3. The van der Waals surface area contributed by atoms with Gasteiger partial charge in [-0.1, -0.05) is 24.3 Å². The molecular weight excluding hydrogens is 469 g/mol. The van der Waals surface area contributed by atoms with Crippen LogP contribution in [0.4, 0.5) is 35.0 Å². The Bertz CT molecular complexity index is 1210. The second kappa shape index (κ2) is 11.5. The molecule has 0 aliphatic carbocycles. The summed E-state index contributed by atoms with van der Waals surface area (Å²) < 4.78 is 31.7. The van der Waals surface area contributed by atoms with Crippen LogP contribution in [0.5, 0.6) is 0 Å². The van der Waals surface area contributed by atoms with Crippen LogP contribution in [0.3, 0.4) is 0 Å². The van der Waals surface area contributed by atoms with E-state index in [1.54, 1.807) is 6.07 Å². The average molecular weight is 492 g/mol. The summed E-state index contributed by atoms with van der Waals surface area (Å²) in [6.07, 6.45) is -3.58. The fraction of sp³-hybridized carbons (Fsp3) is 0.182. The van der Waals surface area contributed by atoms with Crippen molar-refractivity contribution in [3.8, 4) is 0 Å². The van der Waals surface area contributed by atoms with E-state index >= 15 is 0 Å². The van der Waals surface area contributed by atoms with Gasteiger partial charge in [0.2, 0.25) is 0 Å². The molecule has 0 spiro atoms. The van der Waals surface area contributed by atoms with E-state index in [0.29, 0.717) is 17.9 Å². The number of nitrogens with one attached hydrogen (secondary N) is 4. The van der Waals surface area contributed by atoms with Crippen LogP contribution in [0, 0.1) is 13.8 Å². The molecule has 0 bridgehead atoms. The molecule has 2 aromatic carbocycles. The third kappa shape index (κ3) is 8.38. The first-order valence-corrected chi connectivity index (χ1v) is 9.98. The largest absolute Gasteiger partial charge is 0.490 e. The number of hydrogen-bond donors (Lipinski definition) is 6. The number of aryl methyl sites for hydroxylation is 2. The van der Waals surface area contributed by atoms with Gasteiger partial charge >= 0.3 is 18.2 Å². The Morgan fingerprint density at radius 1 is 1.06 bits per heavy atom. The first-order valence-electron chi connectivity index (χ1n) is 9.98. The summed E-state index contributed by atoms with van der Waals surface area (Å²) in [5.41, 5.74) is 10.4. The van der Waals surface area contributed by atoms with Crippen LogP contribution in [0.1, 0.15) is 27.2 Å². The van der Waals surface area contributed by atoms with Gasteiger partial charge in [-0.25, -0.2) is 9.59 Å². The molecule has 0 aliphatic heterocycles. The van der Waals surface area contributed by atoms with Crippen molar-refractivity contribution in [3.05, 3.63) is 71.0 Å². The maximum absolute atomic E-state index is 12.3. The summed E-state index contributed by atoms with van der Waals surface area (Å²) in [4.78, 5) is 32.5. The highest BCUT2D eigenvalue weighted by Crippen LogP contribution is 2.18. The quantitative estimate of drug-likeness (QED) is 0.305. The van der Waals surface area contributed by atoms with Crippen molar-refractivity contribution in [3.63, 3.8) is 0 Å². The van der Waals surface area contributed by atoms with Crippen molar-refractivity contribution >= 4 is 35.0 Å². The second-order valence-corrected chi connectivity index (χ2v) is 7.28. The standard InChI is InChI=1S/C20H22N6O2.C2HF3O2/c1-12-6-7-13(2)16(8-12)25-20(28)24-15-5-3-4-14(9-15)10-22-17-11-23-26-18(17)19(21)27;3-2(4,5)1(6)7/h3-9,11,22H,10H2,1-2H3,(H2,21,27)(H,23,26)(H2,24,25,28);(H,6,7). The third-order valence-corrected chi connectivity index (χ3v) is 4.44. The summed E-state index contributed by atoms with van der Waals surface area (Å²) in [6.45, 7) is 4.36. The number of hydrogen-bond acceptors (Lipinski definition) is 5. The molecule has 0 unspecified atom stereocenters. The lowest BCUT2D eigenvalue weighted by atomic mass is 10.1. The molecule has 0 atom stereocenters. The van der Waals surface area contributed by atoms with E-state index in [1.807, 2.05) is 50.2 Å². The summed E-state index contributed by atoms with van der Waals surface area (Å²) in [7, 11) is 0. The SMILES string of the molecule is Cc1ccc(C)c(NC(=O)Nc2cccc(CNc3cn[nH]c3C(N)=O)c2)c1.O=C(O)C(F)(F)F. The van der Waals surface area contributed by atoms with Crippen LogP contribution in [0.25, 0.3) is 0 Å². The molecular formula is C22H23F3N6O4. The lowest BCUT2D eigenvalue weighted by Crippen LogP contribution is -2.21. The zero-order valence-corrected chi connectivity index (χ0v) is 18.7. The van der Waals surface area contributed by atoms with Gasteiger partial charge in [-0.3, -0.25) is 9.89 Å². The van der Waals surface area contributed by atoms with Crippen molar-refractivity contribution < 1.29 is 32.7 Å². The van der Waals surface area contributed by atoms with Gasteiger partial charge < -0.3 is 26.8 Å². The van der Waals surface area contributed by atoms with Gasteiger partial charge in [-0.15, -0.1) is 0 Å². The molecule has 35 heavy (non-hydrogen) atoms. The Hall–Kier alpha value is -4.55. The Morgan fingerprint density at radius 3 is 2.37 bits per heavy atom. The van der Waals surface area contributed by atoms with Crippen molar-refractivity contribution in [2.45, 2.75) is 26.6 Å². The average Bonchev–Trinajstić information content (AvgIpc) is 3.24. The Balaban J connectivity index is 0.000000540. The molecule has 0 fully saturated rings. The minimum absolute atomic E-state index is 0.224. The van der Waals surface area contributed by atoms with Crippen LogP contribution >= 0.6 is 0 Å². The predicted octanol–water partition coefficient (Wildman–Crippen LogP) is 4.01. The number of nitrogens with two attached hydrogens (primary N) is 1. The Kier molecular flexibility index (Phi) is 8.80. The smallest absolute Gasteiger partial charge is 0.475 e. The lowest BCUT2D eigenvalue weighted by Gasteiger charge is -2.12. The number of benzene rings is 2. The number of rotatable bonds is 6. The van der Waals surface area contributed by atoms with E-state index in [2.05, 4.69) is 26.1 Å². The summed E-state index contributed by atoms with van der Waals surface area (Å²) >= 11 is 0. The summed E-state index contributed by atoms with van der Waals surface area (Å²) in [5.74, 6) is -3.34. The zero-order chi connectivity index (χ0) is 26.2. The minimum Gasteiger partial charge on any atom is -0.475 e. The molecule has 186 valence electrons. The number of amides is 3. The van der Waals surface area contributed by atoms with Gasteiger partial charge in [-0.2, -0.15) is 18.3 Å². The highest BCUT2D eigenvalue weighted by molar-refractivity contribution is 6.00. The number of aromatic nitrogens is 2. The molecule has 10 nitrogen and oxygen atoms in total. The monoisotopic (exact) mass is 492 g/mol. The molecule has 7 N–H and O–H groups in total. The molecule has 0 radical (unpaired) electrons. The number of carboxylic acids is 1. The molecule has 0 saturated carbocycles. The van der Waals surface area contributed by atoms with Gasteiger partial charge in [0.25, 0.3) is 5.91 Å². The maximum atomic E-state index is 12.3. The van der Waals surface area contributed by atoms with E-state index in [4.69, 9.17) is 15.6 Å². The van der Waals surface area contributed by atoms with Crippen LogP contribution in [-0.4, -0.2) is 39.4 Å². The number of carboxylic acid groups (broad SMARTS) is 1. The van der Waals surface area contributed by atoms with E-state index in [-0.39, 0.29) is 11.7 Å². The number of aromatic amines is 1. The highest BCUT2D eigenvalue weighted by Gasteiger charge is 2.38. The molecule has 1 heterocycles. The van der Waals surface area contributed by atoms with Crippen molar-refractivity contribution in [1.82, 2.24) is 10.2 Å². The fourth-order valence-corrected chi connectivity index (χ4v) is 2.72.